The highest BCUT2D eigenvalue weighted by Gasteiger charge is 2.40. The molecule has 2 aliphatic heterocycles. The summed E-state index contributed by atoms with van der Waals surface area (Å²) in [5.41, 5.74) is 5.37. The molecule has 184 valence electrons. The molecule has 34 heavy (non-hydrogen) atoms. The number of likely N-dealkylation sites (tertiary alicyclic amines) is 2. The summed E-state index contributed by atoms with van der Waals surface area (Å²) in [5, 5.41) is 12.9. The summed E-state index contributed by atoms with van der Waals surface area (Å²) in [6.45, 7) is 3.08. The third kappa shape index (κ3) is 5.06. The lowest BCUT2D eigenvalue weighted by Crippen LogP contribution is -2.54. The number of hydrogen-bond acceptors (Lipinski definition) is 6. The topological polar surface area (TPSA) is 133 Å². The highest BCUT2D eigenvalue weighted by Crippen LogP contribution is 2.25. The number of sulfonamides is 1. The lowest BCUT2D eigenvalue weighted by Gasteiger charge is -2.39. The predicted molar refractivity (Wildman–Crippen MR) is 128 cm³/mol. The number of nitrogens with two attached hydrogens (primary N) is 1. The van der Waals surface area contributed by atoms with E-state index in [4.69, 9.17) is 17.3 Å². The van der Waals surface area contributed by atoms with Gasteiger partial charge in [-0.2, -0.15) is 4.72 Å². The minimum atomic E-state index is -3.93. The maximum atomic E-state index is 13.0. The number of hydrogen-bond donors (Lipinski definition) is 3. The first-order valence-corrected chi connectivity index (χ1v) is 13.2. The molecule has 4 N–H and O–H groups in total. The Morgan fingerprint density at radius 2 is 1.76 bits per heavy atom. The summed E-state index contributed by atoms with van der Waals surface area (Å²) in [4.78, 5) is 27.8. The van der Waals surface area contributed by atoms with Crippen LogP contribution in [-0.2, 0) is 19.6 Å². The Kier molecular flexibility index (Phi) is 7.16. The fourth-order valence-electron chi connectivity index (χ4n) is 4.75. The molecular formula is C23H29ClN4O5S. The van der Waals surface area contributed by atoms with Crippen LogP contribution >= 0.6 is 11.6 Å². The molecule has 2 heterocycles. The number of aliphatic hydroxyl groups is 1. The van der Waals surface area contributed by atoms with Gasteiger partial charge in [0.15, 0.2) is 0 Å². The second-order valence-corrected chi connectivity index (χ2v) is 11.2. The predicted octanol–water partition coefficient (Wildman–Crippen LogP) is 1.28. The van der Waals surface area contributed by atoms with E-state index in [2.05, 4.69) is 4.72 Å². The van der Waals surface area contributed by atoms with Crippen molar-refractivity contribution >= 4 is 44.2 Å². The number of primary amides is 1. The first-order valence-electron chi connectivity index (χ1n) is 11.3. The number of amides is 2. The van der Waals surface area contributed by atoms with Gasteiger partial charge in [0.1, 0.15) is 12.3 Å². The normalized spacial score (nSPS) is 22.3. The van der Waals surface area contributed by atoms with Crippen molar-refractivity contribution in [2.75, 3.05) is 19.6 Å². The number of nitrogens with zero attached hydrogens (tertiary/aromatic N) is 2. The van der Waals surface area contributed by atoms with Crippen LogP contribution in [0.15, 0.2) is 41.3 Å². The van der Waals surface area contributed by atoms with Gasteiger partial charge in [0.05, 0.1) is 10.9 Å². The first-order chi connectivity index (χ1) is 16.1. The van der Waals surface area contributed by atoms with Crippen molar-refractivity contribution in [3.63, 3.8) is 0 Å². The second-order valence-electron chi connectivity index (χ2n) is 9.01. The molecule has 0 bridgehead atoms. The number of halogens is 1. The van der Waals surface area contributed by atoms with Crippen LogP contribution in [0, 0.1) is 5.92 Å². The standard InChI is InChI=1S/C23H29ClN4O5S/c1-14(22(30)27-9-6-15(7-10-27)21(25)29)28-11-8-20(23(28)31)26-34(32,33)19-5-3-16-12-18(24)4-2-17(16)13-19/h2-5,12-15,20,22,26,30H,6-11H2,1H3,(H2,25,29). The van der Waals surface area contributed by atoms with Gasteiger partial charge in [-0.15, -0.1) is 0 Å². The fourth-order valence-corrected chi connectivity index (χ4v) is 6.19. The average molecular weight is 509 g/mol. The summed E-state index contributed by atoms with van der Waals surface area (Å²) >= 11 is 6.00. The highest BCUT2D eigenvalue weighted by atomic mass is 35.5. The molecule has 2 aromatic rings. The van der Waals surface area contributed by atoms with Gasteiger partial charge in [-0.1, -0.05) is 23.7 Å². The number of carbonyl (C=O) groups excluding carboxylic acids is 2. The molecule has 3 unspecified atom stereocenters. The average Bonchev–Trinajstić information content (AvgIpc) is 3.17. The van der Waals surface area contributed by atoms with Gasteiger partial charge in [0, 0.05) is 30.6 Å². The van der Waals surface area contributed by atoms with Crippen molar-refractivity contribution in [2.24, 2.45) is 11.7 Å². The van der Waals surface area contributed by atoms with Crippen LogP contribution in [0.1, 0.15) is 26.2 Å². The van der Waals surface area contributed by atoms with Crippen LogP contribution in [0.25, 0.3) is 10.8 Å². The molecular weight excluding hydrogens is 480 g/mol. The molecule has 11 heteroatoms. The lowest BCUT2D eigenvalue weighted by atomic mass is 9.95. The molecule has 9 nitrogen and oxygen atoms in total. The van der Waals surface area contributed by atoms with E-state index in [0.717, 1.165) is 10.8 Å². The number of piperidine rings is 1. The van der Waals surface area contributed by atoms with E-state index in [1.807, 2.05) is 4.90 Å². The van der Waals surface area contributed by atoms with Gasteiger partial charge in [-0.3, -0.25) is 14.5 Å². The van der Waals surface area contributed by atoms with Crippen molar-refractivity contribution in [1.82, 2.24) is 14.5 Å². The minimum absolute atomic E-state index is 0.0685. The van der Waals surface area contributed by atoms with E-state index in [9.17, 15) is 23.1 Å². The van der Waals surface area contributed by atoms with Gasteiger partial charge in [0.25, 0.3) is 0 Å². The van der Waals surface area contributed by atoms with Crippen LogP contribution in [0.5, 0.6) is 0 Å². The Morgan fingerprint density at radius 1 is 1.12 bits per heavy atom. The lowest BCUT2D eigenvalue weighted by molar-refractivity contribution is -0.138. The van der Waals surface area contributed by atoms with Crippen molar-refractivity contribution in [2.45, 2.75) is 49.4 Å². The van der Waals surface area contributed by atoms with Gasteiger partial charge in [-0.05, 0) is 61.2 Å². The molecule has 0 spiro atoms. The van der Waals surface area contributed by atoms with Gasteiger partial charge in [-0.25, -0.2) is 8.42 Å². The first kappa shape index (κ1) is 24.9. The Morgan fingerprint density at radius 3 is 2.44 bits per heavy atom. The maximum Gasteiger partial charge on any atom is 0.241 e. The van der Waals surface area contributed by atoms with E-state index in [0.29, 0.717) is 43.9 Å². The molecule has 0 aromatic heterocycles. The molecule has 0 saturated carbocycles. The van der Waals surface area contributed by atoms with E-state index in [1.165, 1.54) is 11.0 Å². The molecule has 3 atom stereocenters. The van der Waals surface area contributed by atoms with Crippen molar-refractivity contribution in [3.8, 4) is 0 Å². The molecule has 2 aromatic carbocycles. The largest absolute Gasteiger partial charge is 0.376 e. The molecule has 0 radical (unpaired) electrons. The number of benzene rings is 2. The van der Waals surface area contributed by atoms with Crippen LogP contribution in [-0.4, -0.2) is 73.1 Å². The van der Waals surface area contributed by atoms with Gasteiger partial charge < -0.3 is 15.7 Å². The minimum Gasteiger partial charge on any atom is -0.376 e. The summed E-state index contributed by atoms with van der Waals surface area (Å²) in [7, 11) is -3.93. The van der Waals surface area contributed by atoms with E-state index in [-0.39, 0.29) is 22.6 Å². The Bertz CT molecular complexity index is 1200. The fraction of sp³-hybridized carbons (Fsp3) is 0.478. The zero-order valence-corrected chi connectivity index (χ0v) is 20.4. The van der Waals surface area contributed by atoms with Crippen molar-refractivity contribution in [1.29, 1.82) is 0 Å². The van der Waals surface area contributed by atoms with Crippen LogP contribution in [0.2, 0.25) is 5.02 Å². The molecule has 2 aliphatic rings. The molecule has 2 amide bonds. The summed E-state index contributed by atoms with van der Waals surface area (Å²) in [6, 6.07) is 8.47. The molecule has 2 fully saturated rings. The second kappa shape index (κ2) is 9.79. The summed E-state index contributed by atoms with van der Waals surface area (Å²) in [5.74, 6) is -0.894. The monoisotopic (exact) mass is 508 g/mol. The van der Waals surface area contributed by atoms with E-state index in [1.54, 1.807) is 37.3 Å². The van der Waals surface area contributed by atoms with Crippen molar-refractivity contribution < 1.29 is 23.1 Å². The zero-order valence-electron chi connectivity index (χ0n) is 18.9. The SMILES string of the molecule is CC(C(O)N1CCC(C(N)=O)CC1)N1CCC(NS(=O)(=O)c2ccc3cc(Cl)ccc3c2)C1=O. The number of fused-ring (bicyclic) bond motifs is 1. The Hall–Kier alpha value is -2.24. The van der Waals surface area contributed by atoms with Crippen LogP contribution in [0.3, 0.4) is 0 Å². The quantitative estimate of drug-likeness (QED) is 0.516. The van der Waals surface area contributed by atoms with Crippen LogP contribution < -0.4 is 10.5 Å². The Balaban J connectivity index is 1.41. The Labute approximate surface area is 203 Å². The smallest absolute Gasteiger partial charge is 0.241 e. The number of nitrogens with one attached hydrogen (secondary N) is 1. The molecule has 0 aliphatic carbocycles. The third-order valence-electron chi connectivity index (χ3n) is 6.85. The van der Waals surface area contributed by atoms with E-state index >= 15 is 0 Å². The van der Waals surface area contributed by atoms with Crippen LogP contribution in [0.4, 0.5) is 0 Å². The number of aliphatic hydroxyl groups excluding tert-OH is 1. The van der Waals surface area contributed by atoms with Crippen molar-refractivity contribution in [3.05, 3.63) is 41.4 Å². The van der Waals surface area contributed by atoms with Gasteiger partial charge in [0.2, 0.25) is 21.8 Å². The number of rotatable bonds is 7. The zero-order chi connectivity index (χ0) is 24.6. The molecule has 4 rings (SSSR count). The molecule has 2 saturated heterocycles. The highest BCUT2D eigenvalue weighted by molar-refractivity contribution is 7.89. The number of carbonyl (C=O) groups is 2. The summed E-state index contributed by atoms with van der Waals surface area (Å²) in [6.07, 6.45) is 0.517. The maximum absolute atomic E-state index is 13.0. The third-order valence-corrected chi connectivity index (χ3v) is 8.55. The van der Waals surface area contributed by atoms with E-state index < -0.39 is 28.3 Å². The van der Waals surface area contributed by atoms with Gasteiger partial charge >= 0.3 is 0 Å². The summed E-state index contributed by atoms with van der Waals surface area (Å²) < 4.78 is 28.5.